The summed E-state index contributed by atoms with van der Waals surface area (Å²) in [6, 6.07) is 0. The zero-order valence-corrected chi connectivity index (χ0v) is 9.82. The van der Waals surface area contributed by atoms with Crippen molar-refractivity contribution in [3.05, 3.63) is 40.1 Å². The van der Waals surface area contributed by atoms with Gasteiger partial charge in [-0.05, 0) is 6.42 Å². The number of fused-ring (bicyclic) bond motifs is 1. The molecule has 0 radical (unpaired) electrons. The standard InChI is InChI=1S/C12H16NS/c1-4-5-13-8-14-12-7-10(3)9(2)6-11(12)13/h6-8H,4-5H2,1-3H3/q-1. The van der Waals surface area contributed by atoms with Crippen molar-refractivity contribution in [1.29, 1.82) is 0 Å². The van der Waals surface area contributed by atoms with E-state index in [1.807, 2.05) is 11.3 Å². The zero-order chi connectivity index (χ0) is 10.1. The van der Waals surface area contributed by atoms with Gasteiger partial charge in [0.2, 0.25) is 5.51 Å². The maximum atomic E-state index is 2.35. The molecule has 1 aromatic rings. The molecule has 1 aliphatic carbocycles. The molecule has 76 valence electrons. The third-order valence-corrected chi connectivity index (χ3v) is 3.60. The minimum Gasteiger partial charge on any atom is -0.374 e. The number of nitrogens with zero attached hydrogens (tertiary/aromatic N) is 1. The van der Waals surface area contributed by atoms with Gasteiger partial charge < -0.3 is 4.57 Å². The molecule has 14 heavy (non-hydrogen) atoms. The highest BCUT2D eigenvalue weighted by molar-refractivity contribution is 7.10. The monoisotopic (exact) mass is 206 g/mol. The van der Waals surface area contributed by atoms with Crippen molar-refractivity contribution in [2.45, 2.75) is 33.7 Å². The zero-order valence-electron chi connectivity index (χ0n) is 9.00. The first-order valence-corrected chi connectivity index (χ1v) is 5.98. The van der Waals surface area contributed by atoms with Crippen molar-refractivity contribution >= 4 is 11.3 Å². The van der Waals surface area contributed by atoms with Crippen molar-refractivity contribution in [3.8, 4) is 0 Å². The summed E-state index contributed by atoms with van der Waals surface area (Å²) in [6.45, 7) is 7.71. The van der Waals surface area contributed by atoms with E-state index >= 15 is 0 Å². The molecule has 0 spiro atoms. The fourth-order valence-electron chi connectivity index (χ4n) is 1.68. The molecular formula is C12H16NS-. The Labute approximate surface area is 90.1 Å². The number of hydrogen-bond acceptors (Lipinski definition) is 0. The molecule has 0 saturated carbocycles. The van der Waals surface area contributed by atoms with E-state index in [4.69, 9.17) is 0 Å². The quantitative estimate of drug-likeness (QED) is 0.513. The largest absolute Gasteiger partial charge is 0.374 e. The van der Waals surface area contributed by atoms with Gasteiger partial charge in [-0.15, -0.1) is 19.5 Å². The Hall–Kier alpha value is -0.890. The first-order valence-electron chi connectivity index (χ1n) is 5.10. The second-order valence-electron chi connectivity index (χ2n) is 3.82. The van der Waals surface area contributed by atoms with Crippen molar-refractivity contribution in [2.75, 3.05) is 0 Å². The van der Waals surface area contributed by atoms with Gasteiger partial charge in [-0.3, -0.25) is 17.6 Å². The molecule has 0 fully saturated rings. The molecule has 0 aromatic carbocycles. The molecular weight excluding hydrogens is 190 g/mol. The van der Waals surface area contributed by atoms with E-state index in [0.29, 0.717) is 0 Å². The van der Waals surface area contributed by atoms with Crippen LogP contribution in [0.15, 0.2) is 16.7 Å². The minimum atomic E-state index is 1.13. The van der Waals surface area contributed by atoms with E-state index in [-0.39, 0.29) is 0 Å². The highest BCUT2D eigenvalue weighted by atomic mass is 32.1. The van der Waals surface area contributed by atoms with Gasteiger partial charge in [-0.25, -0.2) is 6.42 Å². The van der Waals surface area contributed by atoms with Crippen LogP contribution in [-0.2, 0) is 6.54 Å². The summed E-state index contributed by atoms with van der Waals surface area (Å²) in [4.78, 5) is 1.40. The predicted molar refractivity (Wildman–Crippen MR) is 62.2 cm³/mol. The van der Waals surface area contributed by atoms with E-state index < -0.39 is 0 Å². The van der Waals surface area contributed by atoms with Crippen LogP contribution >= 0.6 is 11.3 Å². The molecule has 2 heteroatoms. The lowest BCUT2D eigenvalue weighted by Crippen LogP contribution is -2.07. The third kappa shape index (κ3) is 1.55. The van der Waals surface area contributed by atoms with E-state index in [1.54, 1.807) is 0 Å². The molecule has 2 rings (SSSR count). The van der Waals surface area contributed by atoms with Crippen LogP contribution in [0.25, 0.3) is 0 Å². The Kier molecular flexibility index (Phi) is 2.55. The van der Waals surface area contributed by atoms with E-state index in [0.717, 1.165) is 6.54 Å². The number of thiazole rings is 1. The van der Waals surface area contributed by atoms with Gasteiger partial charge >= 0.3 is 0 Å². The molecule has 0 atom stereocenters. The highest BCUT2D eigenvalue weighted by Crippen LogP contribution is 2.32. The summed E-state index contributed by atoms with van der Waals surface area (Å²) in [6.07, 6.45) is 5.79. The van der Waals surface area contributed by atoms with Gasteiger partial charge in [0.25, 0.3) is 0 Å². The number of hydrogen-bond donors (Lipinski definition) is 0. The Morgan fingerprint density at radius 3 is 2.71 bits per heavy atom. The second kappa shape index (κ2) is 3.70. The Balaban J connectivity index is 2.31. The van der Waals surface area contributed by atoms with Gasteiger partial charge in [-0.1, -0.05) is 6.92 Å². The van der Waals surface area contributed by atoms with Crippen molar-refractivity contribution in [2.24, 2.45) is 0 Å². The maximum absolute atomic E-state index is 2.35. The molecule has 1 nitrogen and oxygen atoms in total. The first-order chi connectivity index (χ1) is 6.72. The average molecular weight is 206 g/mol. The van der Waals surface area contributed by atoms with Gasteiger partial charge in [0.05, 0.1) is 0 Å². The van der Waals surface area contributed by atoms with Crippen LogP contribution in [0.4, 0.5) is 0 Å². The Morgan fingerprint density at radius 1 is 1.29 bits per heavy atom. The third-order valence-electron chi connectivity index (χ3n) is 2.66. The van der Waals surface area contributed by atoms with Crippen LogP contribution in [0.5, 0.6) is 0 Å². The van der Waals surface area contributed by atoms with E-state index in [2.05, 4.69) is 43.7 Å². The van der Waals surface area contributed by atoms with E-state index in [9.17, 15) is 0 Å². The smallest absolute Gasteiger partial charge is 0.239 e. The van der Waals surface area contributed by atoms with Crippen LogP contribution in [0.3, 0.4) is 0 Å². The van der Waals surface area contributed by atoms with Crippen LogP contribution < -0.4 is 0 Å². The Bertz CT molecular complexity index is 374. The van der Waals surface area contributed by atoms with Crippen LogP contribution in [0, 0.1) is 12.8 Å². The minimum absolute atomic E-state index is 1.13. The summed E-state index contributed by atoms with van der Waals surface area (Å²) in [5.41, 5.74) is 6.40. The molecule has 1 aliphatic rings. The summed E-state index contributed by atoms with van der Waals surface area (Å²) >= 11 is 1.84. The summed E-state index contributed by atoms with van der Waals surface area (Å²) < 4.78 is 2.35. The lowest BCUT2D eigenvalue weighted by atomic mass is 9.96. The molecule has 0 amide bonds. The molecule has 0 unspecified atom stereocenters. The normalized spacial score (nSPS) is 14.8. The number of aryl methyl sites for hydroxylation is 1. The molecule has 0 N–H and O–H groups in total. The molecule has 1 aromatic heterocycles. The first kappa shape index (κ1) is 9.66. The van der Waals surface area contributed by atoms with Crippen LogP contribution in [0.2, 0.25) is 0 Å². The predicted octanol–water partition coefficient (Wildman–Crippen LogP) is 3.70. The molecule has 0 aliphatic heterocycles. The lowest BCUT2D eigenvalue weighted by molar-refractivity contribution is 0.669. The van der Waals surface area contributed by atoms with Gasteiger partial charge in [0.1, 0.15) is 11.3 Å². The topological polar surface area (TPSA) is 4.93 Å². The van der Waals surface area contributed by atoms with Crippen LogP contribution in [-0.4, -0.2) is 4.57 Å². The van der Waals surface area contributed by atoms with Crippen molar-refractivity contribution in [1.82, 2.24) is 4.57 Å². The second-order valence-corrected chi connectivity index (χ2v) is 4.71. The van der Waals surface area contributed by atoms with Crippen molar-refractivity contribution < 1.29 is 0 Å². The fraction of sp³-hybridized carbons (Fsp3) is 0.417. The Morgan fingerprint density at radius 2 is 2.00 bits per heavy atom. The number of aromatic nitrogens is 1. The number of rotatable bonds is 2. The van der Waals surface area contributed by atoms with Gasteiger partial charge in [0, 0.05) is 11.4 Å². The summed E-state index contributed by atoms with van der Waals surface area (Å²) in [5, 5.41) is 0. The molecule has 1 heterocycles. The van der Waals surface area contributed by atoms with Crippen LogP contribution in [0.1, 0.15) is 37.8 Å². The number of allylic oxidation sites excluding steroid dienone is 2. The fourth-order valence-corrected chi connectivity index (χ4v) is 2.69. The van der Waals surface area contributed by atoms with Gasteiger partial charge in [-0.2, -0.15) is 0 Å². The lowest BCUT2D eigenvalue weighted by Gasteiger charge is -2.31. The summed E-state index contributed by atoms with van der Waals surface area (Å²) in [5.74, 6) is 0. The maximum Gasteiger partial charge on any atom is 0.239 e. The molecule has 0 saturated heterocycles. The highest BCUT2D eigenvalue weighted by Gasteiger charge is 2.08. The van der Waals surface area contributed by atoms with Crippen molar-refractivity contribution in [3.63, 3.8) is 0 Å². The summed E-state index contributed by atoms with van der Waals surface area (Å²) in [7, 11) is 0. The molecule has 0 bridgehead atoms. The average Bonchev–Trinajstić information content (AvgIpc) is 2.51. The SMILES string of the molecule is CCCn1c[s+]c2c1[CH-]C(C)=C(C)[CH-]2. The van der Waals surface area contributed by atoms with E-state index in [1.165, 1.54) is 28.1 Å². The van der Waals surface area contributed by atoms with Gasteiger partial charge in [0.15, 0.2) is 0 Å².